The van der Waals surface area contributed by atoms with Crippen molar-refractivity contribution >= 4 is 29.3 Å². The van der Waals surface area contributed by atoms with Crippen molar-refractivity contribution in [3.8, 4) is 0 Å². The van der Waals surface area contributed by atoms with Gasteiger partial charge in [-0.2, -0.15) is 0 Å². The number of nitrogens with zero attached hydrogens (tertiary/aromatic N) is 1. The van der Waals surface area contributed by atoms with Crippen LogP contribution in [0.1, 0.15) is 0 Å². The van der Waals surface area contributed by atoms with Gasteiger partial charge in [-0.05, 0) is 0 Å². The molecule has 0 aliphatic carbocycles. The molecule has 0 heterocycles. The third-order valence-corrected chi connectivity index (χ3v) is 1.06. The summed E-state index contributed by atoms with van der Waals surface area (Å²) < 4.78 is 24.1. The van der Waals surface area contributed by atoms with Gasteiger partial charge in [0.15, 0.2) is 0 Å². The van der Waals surface area contributed by atoms with Crippen molar-refractivity contribution in [2.75, 3.05) is 19.6 Å². The molecule has 0 aromatic heterocycles. The van der Waals surface area contributed by atoms with Crippen molar-refractivity contribution in [2.24, 2.45) is 0 Å². The number of carboxylic acid groups (broad SMARTS) is 3. The van der Waals surface area contributed by atoms with Gasteiger partial charge in [0, 0.05) is 19.6 Å². The molecule has 0 bridgehead atoms. The van der Waals surface area contributed by atoms with Gasteiger partial charge in [0.25, 0.3) is 0 Å². The number of halogens is 2. The van der Waals surface area contributed by atoms with E-state index in [1.807, 2.05) is 0 Å². The number of rotatable bonds is 6. The molecular formula is C6H10BrClK3NNa4O11S. The number of carboxylic acids is 3. The van der Waals surface area contributed by atoms with Gasteiger partial charge in [0.05, 0.1) is 29.3 Å². The molecule has 1 atom stereocenters. The summed E-state index contributed by atoms with van der Waals surface area (Å²) >= 11 is -2.86. The number of aliphatic carboxylic acids is 3. The molecule has 0 amide bonds. The van der Waals surface area contributed by atoms with Crippen LogP contribution < -0.4 is 317 Å². The normalized spacial score (nSPS) is 6.82. The number of carbonyl (C=O) groups is 3. The largest absolute Gasteiger partial charge is 1.00 e. The van der Waals surface area contributed by atoms with Gasteiger partial charge >= 0.3 is 272 Å². The monoisotopic (exact) mass is 627 g/mol. The van der Waals surface area contributed by atoms with Crippen molar-refractivity contribution in [1.29, 1.82) is 0 Å². The van der Waals surface area contributed by atoms with Crippen LogP contribution >= 0.6 is 0 Å². The van der Waals surface area contributed by atoms with Gasteiger partial charge in [-0.25, -0.2) is 4.21 Å². The standard InChI is InChI=1S/C6H9NO6.BrH.ClH.3K.4Na.H2O3S.2H2O/c8-4(9)1-7(2-5(10)11)3-6(12)13;;;;;;;;;;1-4(2)3;;/h1-3H2,(H,8,9)(H,10,11)(H,12,13);2*1H;;;;;;;;(H2,1,2,3);2*1H2/q;;;7*+1;;;/p-7. The zero-order chi connectivity index (χ0) is 14.0. The second kappa shape index (κ2) is 59.9. The van der Waals surface area contributed by atoms with Crippen molar-refractivity contribution in [1.82, 2.24) is 4.90 Å². The Morgan fingerprint density at radius 3 is 0.964 bits per heavy atom. The summed E-state index contributed by atoms with van der Waals surface area (Å²) in [6.07, 6.45) is 0. The second-order valence-electron chi connectivity index (χ2n) is 2.48. The van der Waals surface area contributed by atoms with Crippen LogP contribution in [0.4, 0.5) is 0 Å². The molecule has 28 heavy (non-hydrogen) atoms. The fourth-order valence-corrected chi connectivity index (χ4v) is 0.715. The van der Waals surface area contributed by atoms with Gasteiger partial charge in [-0.1, -0.05) is 0 Å². The minimum Gasteiger partial charge on any atom is -1.00 e. The van der Waals surface area contributed by atoms with Crippen molar-refractivity contribution < 1.29 is 356 Å². The quantitative estimate of drug-likeness (QED) is 0.214. The Hall–Kier alpha value is 8.04. The van der Waals surface area contributed by atoms with Crippen LogP contribution in [0.25, 0.3) is 0 Å². The van der Waals surface area contributed by atoms with Crippen LogP contribution in [-0.4, -0.2) is 66.7 Å². The van der Waals surface area contributed by atoms with Gasteiger partial charge in [-0.3, -0.25) is 4.90 Å². The molecule has 0 aromatic rings. The van der Waals surface area contributed by atoms with E-state index in [4.69, 9.17) is 13.3 Å². The molecule has 0 saturated heterocycles. The van der Waals surface area contributed by atoms with Gasteiger partial charge in [-0.15, -0.1) is 0 Å². The molecule has 0 fully saturated rings. The summed E-state index contributed by atoms with van der Waals surface area (Å²) in [7, 11) is 0. The van der Waals surface area contributed by atoms with E-state index in [0.29, 0.717) is 4.90 Å². The molecule has 0 saturated carbocycles. The Morgan fingerprint density at radius 1 is 0.786 bits per heavy atom. The smallest absolute Gasteiger partial charge is 1.00 e. The molecule has 0 aromatic carbocycles. The Balaban J connectivity index is -0.0000000126. The molecule has 0 rings (SSSR count). The molecule has 0 radical (unpaired) electrons. The fourth-order valence-electron chi connectivity index (χ4n) is 0.715. The predicted octanol–water partition coefficient (Wildman–Crippen LogP) is -34.1. The van der Waals surface area contributed by atoms with Crippen LogP contribution in [0.5, 0.6) is 0 Å². The molecule has 4 N–H and O–H groups in total. The van der Waals surface area contributed by atoms with Crippen LogP contribution in [0.3, 0.4) is 0 Å². The van der Waals surface area contributed by atoms with E-state index in [0.717, 1.165) is 0 Å². The first kappa shape index (κ1) is 83.4. The molecule has 0 aliphatic rings. The van der Waals surface area contributed by atoms with E-state index in [2.05, 4.69) is 0 Å². The summed E-state index contributed by atoms with van der Waals surface area (Å²) in [6, 6.07) is 0. The van der Waals surface area contributed by atoms with Gasteiger partial charge < -0.3 is 79.1 Å². The molecular weight excluding hydrogens is 619 g/mol. The number of hydrogen-bond acceptors (Lipinski definition) is 10. The van der Waals surface area contributed by atoms with Crippen molar-refractivity contribution in [2.45, 2.75) is 0 Å². The minimum absolute atomic E-state index is 0. The zero-order valence-electron chi connectivity index (χ0n) is 16.9. The molecule has 0 spiro atoms. The maximum atomic E-state index is 9.99. The second-order valence-corrected chi connectivity index (χ2v) is 2.91. The summed E-state index contributed by atoms with van der Waals surface area (Å²) in [6.45, 7) is -2.37. The molecule has 0 aliphatic heterocycles. The van der Waals surface area contributed by atoms with E-state index >= 15 is 0 Å². The van der Waals surface area contributed by atoms with E-state index in [1.54, 1.807) is 0 Å². The average Bonchev–Trinajstić information content (AvgIpc) is 1.96. The van der Waals surface area contributed by atoms with Crippen LogP contribution in [0, 0.1) is 0 Å². The minimum atomic E-state index is -2.86. The van der Waals surface area contributed by atoms with Crippen LogP contribution in [0.2, 0.25) is 0 Å². The molecule has 1 unspecified atom stereocenters. The van der Waals surface area contributed by atoms with E-state index in [-0.39, 0.29) is 313 Å². The zero-order valence-corrected chi connectivity index (χ0v) is 37.4. The third-order valence-electron chi connectivity index (χ3n) is 1.06. The predicted molar refractivity (Wildman–Crippen MR) is 48.6 cm³/mol. The van der Waals surface area contributed by atoms with Gasteiger partial charge in [0.2, 0.25) is 0 Å². The number of hydrogen-bond donors (Lipinski definition) is 1. The molecule has 12 nitrogen and oxygen atoms in total. The average molecular weight is 629 g/mol. The van der Waals surface area contributed by atoms with Gasteiger partial charge in [0.1, 0.15) is 0 Å². The summed E-state index contributed by atoms with van der Waals surface area (Å²) in [5, 5.41) is 30.0. The van der Waals surface area contributed by atoms with Crippen molar-refractivity contribution in [3.63, 3.8) is 0 Å². The van der Waals surface area contributed by atoms with Crippen LogP contribution in [-0.2, 0) is 25.7 Å². The Morgan fingerprint density at radius 2 is 0.893 bits per heavy atom. The maximum absolute atomic E-state index is 9.99. The third kappa shape index (κ3) is 92.5. The topological polar surface area (TPSA) is 245 Å². The first-order valence-electron chi connectivity index (χ1n) is 3.75. The molecule has 22 heteroatoms. The summed E-state index contributed by atoms with van der Waals surface area (Å²) in [5.74, 6) is -4.70. The van der Waals surface area contributed by atoms with E-state index in [9.17, 15) is 29.7 Å². The Labute approximate surface area is 398 Å². The summed E-state index contributed by atoms with van der Waals surface area (Å²) in [5.41, 5.74) is 0. The van der Waals surface area contributed by atoms with Crippen molar-refractivity contribution in [3.05, 3.63) is 0 Å². The Kier molecular flexibility index (Phi) is 178. The van der Waals surface area contributed by atoms with E-state index < -0.39 is 48.9 Å². The first-order valence-corrected chi connectivity index (χ1v) is 4.78. The first-order chi connectivity index (χ1) is 7.65. The van der Waals surface area contributed by atoms with E-state index in [1.165, 1.54) is 0 Å². The Bertz CT molecular complexity index is 305. The molecule has 132 valence electrons. The van der Waals surface area contributed by atoms with Crippen LogP contribution in [0.15, 0.2) is 0 Å². The number of carbonyl (C=O) groups excluding carboxylic acids is 3. The maximum Gasteiger partial charge on any atom is 1.00 e. The summed E-state index contributed by atoms with van der Waals surface area (Å²) in [4.78, 5) is 30.6. The SMILES string of the molecule is O.O=C([O-])CN(CC(=O)[O-])CC(=O)[O-].O=S([O-])O.[Br-].[Cl-].[K+].[K+].[K+].[Na+].[Na+].[Na+].[Na+].[OH-]. The fraction of sp³-hybridized carbons (Fsp3) is 0.500.